The van der Waals surface area contributed by atoms with E-state index in [1.807, 2.05) is 0 Å². The van der Waals surface area contributed by atoms with E-state index in [1.165, 1.54) is 56.3 Å². The van der Waals surface area contributed by atoms with Crippen molar-refractivity contribution in [3.63, 3.8) is 0 Å². The van der Waals surface area contributed by atoms with Gasteiger partial charge in [0.05, 0.1) is 25.4 Å². The SMILES string of the molecule is CC(=O)Oc1ccc2c(c1)Oc1cc(OC(C)=O)ccc1C21OC(=O)c2cc(C(=O)NC(CO)(CO)CO)ccc21. The first-order valence-corrected chi connectivity index (χ1v) is 12.4. The molecule has 0 radical (unpaired) electrons. The van der Waals surface area contributed by atoms with Crippen LogP contribution < -0.4 is 19.5 Å². The molecule has 4 N–H and O–H groups in total. The van der Waals surface area contributed by atoms with Crippen LogP contribution in [-0.4, -0.2) is 64.5 Å². The van der Waals surface area contributed by atoms with E-state index < -0.39 is 54.8 Å². The van der Waals surface area contributed by atoms with Gasteiger partial charge in [-0.25, -0.2) is 4.79 Å². The summed E-state index contributed by atoms with van der Waals surface area (Å²) in [6.45, 7) is 0.327. The third-order valence-corrected chi connectivity index (χ3v) is 6.82. The third-order valence-electron chi connectivity index (χ3n) is 6.82. The molecule has 1 amide bonds. The fourth-order valence-corrected chi connectivity index (χ4v) is 4.87. The quantitative estimate of drug-likeness (QED) is 0.242. The zero-order chi connectivity index (χ0) is 29.5. The topological polar surface area (TPSA) is 178 Å². The van der Waals surface area contributed by atoms with Gasteiger partial charge >= 0.3 is 17.9 Å². The number of fused-ring (bicyclic) bond motifs is 6. The molecule has 0 atom stereocenters. The molecular formula is C29H25NO11. The summed E-state index contributed by atoms with van der Waals surface area (Å²) in [6, 6.07) is 13.4. The molecule has 12 nitrogen and oxygen atoms in total. The number of hydrogen-bond donors (Lipinski definition) is 4. The van der Waals surface area contributed by atoms with E-state index in [0.717, 1.165) is 0 Å². The smallest absolute Gasteiger partial charge is 0.340 e. The summed E-state index contributed by atoms with van der Waals surface area (Å²) >= 11 is 0. The summed E-state index contributed by atoms with van der Waals surface area (Å²) in [6.07, 6.45) is 0. The van der Waals surface area contributed by atoms with Crippen molar-refractivity contribution in [3.05, 3.63) is 82.4 Å². The van der Waals surface area contributed by atoms with Crippen LogP contribution in [0, 0.1) is 0 Å². The van der Waals surface area contributed by atoms with Gasteiger partial charge in [-0.1, -0.05) is 6.07 Å². The lowest BCUT2D eigenvalue weighted by atomic mass is 9.77. The molecule has 0 unspecified atom stereocenters. The maximum atomic E-state index is 13.4. The summed E-state index contributed by atoms with van der Waals surface area (Å²) in [5.74, 6) is -1.82. The normalized spacial score (nSPS) is 14.2. The number of nitrogens with one attached hydrogen (secondary N) is 1. The number of amides is 1. The van der Waals surface area contributed by atoms with Crippen molar-refractivity contribution in [1.82, 2.24) is 5.32 Å². The van der Waals surface area contributed by atoms with Gasteiger partial charge in [-0.2, -0.15) is 0 Å². The molecule has 2 aliphatic rings. The van der Waals surface area contributed by atoms with Gasteiger partial charge in [0.25, 0.3) is 5.91 Å². The van der Waals surface area contributed by atoms with E-state index in [-0.39, 0.29) is 34.1 Å². The Morgan fingerprint density at radius 2 is 1.32 bits per heavy atom. The van der Waals surface area contributed by atoms with Gasteiger partial charge in [-0.15, -0.1) is 0 Å². The third kappa shape index (κ3) is 4.67. The highest BCUT2D eigenvalue weighted by Gasteiger charge is 2.54. The van der Waals surface area contributed by atoms with Gasteiger partial charge in [-0.3, -0.25) is 14.4 Å². The minimum atomic E-state index is -1.67. The summed E-state index contributed by atoms with van der Waals surface area (Å²) in [5.41, 5.74) is -1.94. The molecule has 0 aromatic heterocycles. The second kappa shape index (κ2) is 10.3. The Morgan fingerprint density at radius 3 is 1.80 bits per heavy atom. The van der Waals surface area contributed by atoms with Crippen molar-refractivity contribution in [2.45, 2.75) is 25.0 Å². The van der Waals surface area contributed by atoms with Crippen LogP contribution in [-0.2, 0) is 19.9 Å². The molecule has 1 spiro atoms. The fourth-order valence-electron chi connectivity index (χ4n) is 4.87. The van der Waals surface area contributed by atoms with Crippen LogP contribution in [0.1, 0.15) is 51.3 Å². The Kier molecular flexibility index (Phi) is 6.99. The molecule has 0 fully saturated rings. The molecule has 5 rings (SSSR count). The number of aliphatic hydroxyl groups is 3. The van der Waals surface area contributed by atoms with E-state index in [2.05, 4.69) is 5.32 Å². The van der Waals surface area contributed by atoms with Crippen LogP contribution in [0.3, 0.4) is 0 Å². The van der Waals surface area contributed by atoms with Gasteiger partial charge < -0.3 is 39.6 Å². The van der Waals surface area contributed by atoms with E-state index in [0.29, 0.717) is 16.7 Å². The molecule has 0 aliphatic carbocycles. The monoisotopic (exact) mass is 563 g/mol. The van der Waals surface area contributed by atoms with Crippen LogP contribution in [0.2, 0.25) is 0 Å². The highest BCUT2D eigenvalue weighted by Crippen LogP contribution is 2.57. The summed E-state index contributed by atoms with van der Waals surface area (Å²) in [4.78, 5) is 49.4. The summed E-state index contributed by atoms with van der Waals surface area (Å²) < 4.78 is 22.6. The Labute approximate surface area is 233 Å². The first-order chi connectivity index (χ1) is 19.6. The number of benzene rings is 3. The average molecular weight is 564 g/mol. The molecular weight excluding hydrogens is 538 g/mol. The first kappa shape index (κ1) is 27.8. The molecule has 0 saturated carbocycles. The molecule has 41 heavy (non-hydrogen) atoms. The van der Waals surface area contributed by atoms with Crippen LogP contribution in [0.25, 0.3) is 0 Å². The van der Waals surface area contributed by atoms with Crippen molar-refractivity contribution in [2.24, 2.45) is 0 Å². The Hall–Kier alpha value is -4.78. The maximum Gasteiger partial charge on any atom is 0.340 e. The molecule has 0 bridgehead atoms. The Morgan fingerprint density at radius 1 is 0.805 bits per heavy atom. The first-order valence-electron chi connectivity index (χ1n) is 12.4. The lowest BCUT2D eigenvalue weighted by Crippen LogP contribution is -2.57. The van der Waals surface area contributed by atoms with Crippen molar-refractivity contribution >= 4 is 23.8 Å². The summed E-state index contributed by atoms with van der Waals surface area (Å²) in [5, 5.41) is 31.1. The predicted octanol–water partition coefficient (Wildman–Crippen LogP) is 1.55. The zero-order valence-corrected chi connectivity index (χ0v) is 21.9. The number of hydrogen-bond acceptors (Lipinski definition) is 11. The van der Waals surface area contributed by atoms with Crippen LogP contribution in [0.4, 0.5) is 0 Å². The summed E-state index contributed by atoms with van der Waals surface area (Å²) in [7, 11) is 0. The van der Waals surface area contributed by atoms with Crippen LogP contribution >= 0.6 is 0 Å². The van der Waals surface area contributed by atoms with Crippen molar-refractivity contribution in [3.8, 4) is 23.0 Å². The van der Waals surface area contributed by atoms with E-state index in [9.17, 15) is 34.5 Å². The van der Waals surface area contributed by atoms with Gasteiger partial charge in [0.2, 0.25) is 0 Å². The molecule has 212 valence electrons. The van der Waals surface area contributed by atoms with Crippen LogP contribution in [0.5, 0.6) is 23.0 Å². The molecule has 3 aromatic rings. The standard InChI is InChI=1S/C29H25NO11/c1-15(34)38-18-4-7-22-24(10-18)40-25-11-19(39-16(2)35)5-8-23(25)29(22)21-6-3-17(9-20(21)27(37)41-29)26(36)30-28(12-31,13-32)14-33/h3-11,31-33H,12-14H2,1-2H3,(H,30,36). The molecule has 0 saturated heterocycles. The highest BCUT2D eigenvalue weighted by molar-refractivity contribution is 6.02. The van der Waals surface area contributed by atoms with Gasteiger partial charge in [0.1, 0.15) is 28.5 Å². The number of aliphatic hydroxyl groups excluding tert-OH is 3. The van der Waals surface area contributed by atoms with E-state index >= 15 is 0 Å². The number of ether oxygens (including phenoxy) is 4. The lowest BCUT2D eigenvalue weighted by molar-refractivity contribution is -0.132. The maximum absolute atomic E-state index is 13.4. The lowest BCUT2D eigenvalue weighted by Gasteiger charge is -2.36. The minimum absolute atomic E-state index is 0.0143. The van der Waals surface area contributed by atoms with E-state index in [1.54, 1.807) is 12.1 Å². The second-order valence-electron chi connectivity index (χ2n) is 9.65. The minimum Gasteiger partial charge on any atom is -0.456 e. The molecule has 2 heterocycles. The van der Waals surface area contributed by atoms with Crippen molar-refractivity contribution < 1.29 is 53.4 Å². The fraction of sp³-hybridized carbons (Fsp3) is 0.241. The number of carbonyl (C=O) groups excluding carboxylic acids is 4. The Bertz CT molecular complexity index is 1520. The highest BCUT2D eigenvalue weighted by atomic mass is 16.6. The zero-order valence-electron chi connectivity index (χ0n) is 21.9. The van der Waals surface area contributed by atoms with E-state index in [4.69, 9.17) is 18.9 Å². The van der Waals surface area contributed by atoms with Crippen LogP contribution in [0.15, 0.2) is 54.6 Å². The molecule has 12 heteroatoms. The van der Waals surface area contributed by atoms with Gasteiger partial charge in [0.15, 0.2) is 5.60 Å². The Balaban J connectivity index is 1.66. The van der Waals surface area contributed by atoms with Gasteiger partial charge in [0, 0.05) is 48.2 Å². The number of rotatable bonds is 7. The predicted molar refractivity (Wildman–Crippen MR) is 139 cm³/mol. The van der Waals surface area contributed by atoms with Crippen molar-refractivity contribution in [1.29, 1.82) is 0 Å². The number of carbonyl (C=O) groups is 4. The number of esters is 3. The second-order valence-corrected chi connectivity index (χ2v) is 9.65. The average Bonchev–Trinajstić information content (AvgIpc) is 3.22. The molecule has 2 aliphatic heterocycles. The largest absolute Gasteiger partial charge is 0.456 e. The van der Waals surface area contributed by atoms with Crippen molar-refractivity contribution in [2.75, 3.05) is 19.8 Å². The molecule has 3 aromatic carbocycles. The van der Waals surface area contributed by atoms with Gasteiger partial charge in [-0.05, 0) is 36.4 Å².